The fourth-order valence-corrected chi connectivity index (χ4v) is 4.94. The van der Waals surface area contributed by atoms with E-state index in [-0.39, 0.29) is 23.6 Å². The van der Waals surface area contributed by atoms with Crippen LogP contribution in [0.3, 0.4) is 0 Å². The number of thiophene rings is 1. The molecule has 28 heavy (non-hydrogen) atoms. The largest absolute Gasteiger partial charge is 0.463 e. The lowest BCUT2D eigenvalue weighted by Gasteiger charge is -2.36. The Morgan fingerprint density at radius 2 is 1.96 bits per heavy atom. The van der Waals surface area contributed by atoms with Crippen molar-refractivity contribution in [1.29, 1.82) is 0 Å². The summed E-state index contributed by atoms with van der Waals surface area (Å²) in [7, 11) is 0. The van der Waals surface area contributed by atoms with Gasteiger partial charge in [-0.1, -0.05) is 30.3 Å². The van der Waals surface area contributed by atoms with Gasteiger partial charge in [-0.2, -0.15) is 11.3 Å². The van der Waals surface area contributed by atoms with Gasteiger partial charge in [0.1, 0.15) is 0 Å². The van der Waals surface area contributed by atoms with E-state index in [1.54, 1.807) is 18.3 Å². The molecular formula is C23H23NO3S. The summed E-state index contributed by atoms with van der Waals surface area (Å²) in [4.78, 5) is 26.0. The van der Waals surface area contributed by atoms with Gasteiger partial charge in [-0.05, 0) is 54.1 Å². The highest BCUT2D eigenvalue weighted by Crippen LogP contribution is 2.46. The first-order chi connectivity index (χ1) is 13.6. The minimum atomic E-state index is -0.356. The highest BCUT2D eigenvalue weighted by molar-refractivity contribution is 7.08. The third kappa shape index (κ3) is 3.31. The molecular weight excluding hydrogens is 370 g/mol. The summed E-state index contributed by atoms with van der Waals surface area (Å²) >= 11 is 1.57. The number of benzene rings is 1. The number of ketones is 1. The molecule has 2 heterocycles. The van der Waals surface area contributed by atoms with Gasteiger partial charge < -0.3 is 10.1 Å². The number of Topliss-reactive ketones (excluding diaryl/α,β-unsaturated/α-hetero) is 1. The molecule has 1 aromatic carbocycles. The molecule has 2 unspecified atom stereocenters. The number of hydrogen-bond donors (Lipinski definition) is 1. The zero-order valence-electron chi connectivity index (χ0n) is 16.0. The molecule has 0 spiro atoms. The van der Waals surface area contributed by atoms with Crippen molar-refractivity contribution in [3.05, 3.63) is 80.8 Å². The minimum Gasteiger partial charge on any atom is -0.463 e. The number of dihydropyridines is 1. The van der Waals surface area contributed by atoms with E-state index in [0.717, 1.165) is 29.0 Å². The van der Waals surface area contributed by atoms with Crippen LogP contribution in [0.4, 0.5) is 0 Å². The molecule has 4 rings (SSSR count). The van der Waals surface area contributed by atoms with Crippen LogP contribution in [0.25, 0.3) is 0 Å². The molecule has 0 radical (unpaired) electrons. The number of rotatable bonds is 4. The third-order valence-electron chi connectivity index (χ3n) is 5.47. The first kappa shape index (κ1) is 18.7. The van der Waals surface area contributed by atoms with Crippen LogP contribution in [-0.4, -0.2) is 18.4 Å². The van der Waals surface area contributed by atoms with E-state index in [1.807, 2.05) is 41.9 Å². The molecule has 0 amide bonds. The summed E-state index contributed by atoms with van der Waals surface area (Å²) in [5.41, 5.74) is 5.13. The summed E-state index contributed by atoms with van der Waals surface area (Å²) in [6.45, 7) is 4.00. The monoisotopic (exact) mass is 393 g/mol. The molecule has 1 aliphatic heterocycles. The topological polar surface area (TPSA) is 55.4 Å². The van der Waals surface area contributed by atoms with Crippen LogP contribution in [0.15, 0.2) is 69.7 Å². The molecule has 0 saturated carbocycles. The van der Waals surface area contributed by atoms with E-state index in [2.05, 4.69) is 17.4 Å². The zero-order chi connectivity index (χ0) is 19.7. The maximum Gasteiger partial charge on any atom is 0.336 e. The number of hydrogen-bond acceptors (Lipinski definition) is 5. The quantitative estimate of drug-likeness (QED) is 0.767. The molecule has 144 valence electrons. The SMILES string of the molecule is CCOC(=O)C1=C(C)NC2=C(C(=O)CC(c3ccccc3)C2)C1c1ccsc1. The number of nitrogens with one attached hydrogen (secondary N) is 1. The summed E-state index contributed by atoms with van der Waals surface area (Å²) in [6.07, 6.45) is 1.22. The van der Waals surface area contributed by atoms with Crippen LogP contribution >= 0.6 is 11.3 Å². The number of ether oxygens (including phenoxy) is 1. The van der Waals surface area contributed by atoms with Gasteiger partial charge in [-0.3, -0.25) is 4.79 Å². The van der Waals surface area contributed by atoms with Crippen molar-refractivity contribution in [3.63, 3.8) is 0 Å². The van der Waals surface area contributed by atoms with Crippen LogP contribution in [0.5, 0.6) is 0 Å². The molecule has 4 nitrogen and oxygen atoms in total. The van der Waals surface area contributed by atoms with Gasteiger partial charge in [0.15, 0.2) is 5.78 Å². The van der Waals surface area contributed by atoms with Gasteiger partial charge in [0.05, 0.1) is 12.2 Å². The fourth-order valence-electron chi connectivity index (χ4n) is 4.25. The second-order valence-corrected chi connectivity index (χ2v) is 7.99. The van der Waals surface area contributed by atoms with Crippen LogP contribution in [-0.2, 0) is 14.3 Å². The molecule has 1 aliphatic carbocycles. The van der Waals surface area contributed by atoms with E-state index < -0.39 is 0 Å². The molecule has 5 heteroatoms. The standard InChI is InChI=1S/C23H23NO3S/c1-3-27-23(26)20-14(2)24-18-11-17(15-7-5-4-6-8-15)12-19(25)22(18)21(20)16-9-10-28-13-16/h4-10,13,17,21,24H,3,11-12H2,1-2H3. The predicted octanol–water partition coefficient (Wildman–Crippen LogP) is 4.67. The molecule has 2 aromatic rings. The average molecular weight is 394 g/mol. The Labute approximate surface area is 168 Å². The molecule has 0 fully saturated rings. The Bertz CT molecular complexity index is 957. The lowest BCUT2D eigenvalue weighted by atomic mass is 9.72. The second-order valence-electron chi connectivity index (χ2n) is 7.21. The summed E-state index contributed by atoms with van der Waals surface area (Å²) < 4.78 is 5.32. The molecule has 2 atom stereocenters. The molecule has 0 saturated heterocycles. The van der Waals surface area contributed by atoms with Gasteiger partial charge >= 0.3 is 5.97 Å². The van der Waals surface area contributed by atoms with Gasteiger partial charge in [0.25, 0.3) is 0 Å². The van der Waals surface area contributed by atoms with Crippen LogP contribution < -0.4 is 5.32 Å². The first-order valence-electron chi connectivity index (χ1n) is 9.58. The van der Waals surface area contributed by atoms with E-state index in [4.69, 9.17) is 4.74 Å². The molecule has 0 bridgehead atoms. The smallest absolute Gasteiger partial charge is 0.336 e. The van der Waals surface area contributed by atoms with Crippen molar-refractivity contribution in [2.24, 2.45) is 0 Å². The van der Waals surface area contributed by atoms with Crippen molar-refractivity contribution in [3.8, 4) is 0 Å². The van der Waals surface area contributed by atoms with Crippen molar-refractivity contribution < 1.29 is 14.3 Å². The summed E-state index contributed by atoms with van der Waals surface area (Å²) in [5.74, 6) is -0.452. The second kappa shape index (κ2) is 7.76. The Hall–Kier alpha value is -2.66. The molecule has 1 N–H and O–H groups in total. The Morgan fingerprint density at radius 1 is 1.18 bits per heavy atom. The zero-order valence-corrected chi connectivity index (χ0v) is 16.8. The maximum absolute atomic E-state index is 13.3. The lowest BCUT2D eigenvalue weighted by molar-refractivity contribution is -0.138. The van der Waals surface area contributed by atoms with E-state index in [1.165, 1.54) is 5.56 Å². The van der Waals surface area contributed by atoms with Gasteiger partial charge in [0, 0.05) is 29.3 Å². The number of carbonyl (C=O) groups is 2. The van der Waals surface area contributed by atoms with Crippen LogP contribution in [0.1, 0.15) is 49.7 Å². The average Bonchev–Trinajstić information content (AvgIpc) is 3.22. The number of esters is 1. The van der Waals surface area contributed by atoms with E-state index in [9.17, 15) is 9.59 Å². The lowest BCUT2D eigenvalue weighted by Crippen LogP contribution is -2.36. The summed E-state index contributed by atoms with van der Waals surface area (Å²) in [5, 5.41) is 7.37. The van der Waals surface area contributed by atoms with Gasteiger partial charge in [-0.25, -0.2) is 4.79 Å². The number of carbonyl (C=O) groups excluding carboxylic acids is 2. The van der Waals surface area contributed by atoms with Crippen molar-refractivity contribution in [1.82, 2.24) is 5.32 Å². The van der Waals surface area contributed by atoms with E-state index in [0.29, 0.717) is 18.6 Å². The predicted molar refractivity (Wildman–Crippen MR) is 110 cm³/mol. The highest BCUT2D eigenvalue weighted by atomic mass is 32.1. The first-order valence-corrected chi connectivity index (χ1v) is 10.5. The van der Waals surface area contributed by atoms with Crippen molar-refractivity contribution in [2.45, 2.75) is 38.5 Å². The normalized spacial score (nSPS) is 22.0. The van der Waals surface area contributed by atoms with Gasteiger partial charge in [-0.15, -0.1) is 0 Å². The van der Waals surface area contributed by atoms with Crippen molar-refractivity contribution >= 4 is 23.1 Å². The highest BCUT2D eigenvalue weighted by Gasteiger charge is 2.41. The van der Waals surface area contributed by atoms with Crippen LogP contribution in [0.2, 0.25) is 0 Å². The molecule has 2 aliphatic rings. The van der Waals surface area contributed by atoms with E-state index >= 15 is 0 Å². The summed E-state index contributed by atoms with van der Waals surface area (Å²) in [6, 6.07) is 12.2. The Morgan fingerprint density at radius 3 is 2.64 bits per heavy atom. The number of allylic oxidation sites excluding steroid dienone is 3. The maximum atomic E-state index is 13.3. The Balaban J connectivity index is 1.77. The van der Waals surface area contributed by atoms with Gasteiger partial charge in [0.2, 0.25) is 0 Å². The fraction of sp³-hybridized carbons (Fsp3) is 0.304. The Kier molecular flexibility index (Phi) is 5.18. The van der Waals surface area contributed by atoms with Crippen molar-refractivity contribution in [2.75, 3.05) is 6.61 Å². The third-order valence-corrected chi connectivity index (χ3v) is 6.17. The minimum absolute atomic E-state index is 0.105. The van der Waals surface area contributed by atoms with Crippen LogP contribution in [0, 0.1) is 0 Å². The molecule has 1 aromatic heterocycles.